The maximum atomic E-state index is 12.2. The second-order valence-corrected chi connectivity index (χ2v) is 10.2. The Bertz CT molecular complexity index is 881. The number of nitrogens with zero attached hydrogens (tertiary/aromatic N) is 2. The van der Waals surface area contributed by atoms with Gasteiger partial charge in [-0.2, -0.15) is 4.99 Å². The lowest BCUT2D eigenvalue weighted by Crippen LogP contribution is -2.38. The zero-order valence-corrected chi connectivity index (χ0v) is 16.2. The van der Waals surface area contributed by atoms with Crippen molar-refractivity contribution in [1.82, 2.24) is 0 Å². The predicted octanol–water partition coefficient (Wildman–Crippen LogP) is 1.72. The van der Waals surface area contributed by atoms with Gasteiger partial charge in [0.2, 0.25) is 0 Å². The summed E-state index contributed by atoms with van der Waals surface area (Å²) in [5.41, 5.74) is 0.765. The van der Waals surface area contributed by atoms with Crippen LogP contribution in [-0.4, -0.2) is 55.5 Å². The number of hydrogen-bond acceptors (Lipinski definition) is 6. The molecule has 2 atom stereocenters. The van der Waals surface area contributed by atoms with Crippen molar-refractivity contribution < 1.29 is 22.7 Å². The third-order valence-corrected chi connectivity index (χ3v) is 7.78. The maximum Gasteiger partial charge on any atom is 0.250 e. The van der Waals surface area contributed by atoms with E-state index < -0.39 is 9.84 Å². The molecule has 0 bridgehead atoms. The summed E-state index contributed by atoms with van der Waals surface area (Å²) in [6.45, 7) is 4.57. The van der Waals surface area contributed by atoms with E-state index in [4.69, 9.17) is 9.47 Å². The number of sulfone groups is 1. The molecule has 4 rings (SSSR count). The van der Waals surface area contributed by atoms with E-state index in [1.807, 2.05) is 23.1 Å². The number of carbonyl (C=O) groups excluding carboxylic acids is 1. The molecule has 1 amide bonds. The summed E-state index contributed by atoms with van der Waals surface area (Å²) in [5, 5.41) is 0.442. The first kappa shape index (κ1) is 17.7. The van der Waals surface area contributed by atoms with Gasteiger partial charge in [-0.25, -0.2) is 8.42 Å². The number of amides is 1. The van der Waals surface area contributed by atoms with Crippen LogP contribution in [-0.2, 0) is 14.6 Å². The smallest absolute Gasteiger partial charge is 0.250 e. The van der Waals surface area contributed by atoms with Crippen molar-refractivity contribution in [3.8, 4) is 11.5 Å². The summed E-state index contributed by atoms with van der Waals surface area (Å²) < 4.78 is 35.4. The minimum Gasteiger partial charge on any atom is -0.486 e. The van der Waals surface area contributed by atoms with Gasteiger partial charge in [-0.15, -0.1) is 0 Å². The summed E-state index contributed by atoms with van der Waals surface area (Å²) in [7, 11) is -3.09. The van der Waals surface area contributed by atoms with E-state index in [0.717, 1.165) is 5.69 Å². The van der Waals surface area contributed by atoms with Crippen molar-refractivity contribution in [2.75, 3.05) is 29.6 Å². The van der Waals surface area contributed by atoms with Crippen molar-refractivity contribution in [3.63, 3.8) is 0 Å². The van der Waals surface area contributed by atoms with E-state index in [-0.39, 0.29) is 34.6 Å². The minimum absolute atomic E-state index is 0.0635. The lowest BCUT2D eigenvalue weighted by molar-refractivity contribution is -0.120. The van der Waals surface area contributed by atoms with Gasteiger partial charge in [0, 0.05) is 22.9 Å². The van der Waals surface area contributed by atoms with Crippen molar-refractivity contribution in [3.05, 3.63) is 18.2 Å². The fourth-order valence-electron chi connectivity index (χ4n) is 3.27. The number of hydrogen-bond donors (Lipinski definition) is 0. The lowest BCUT2D eigenvalue weighted by Gasteiger charge is -2.26. The highest BCUT2D eigenvalue weighted by molar-refractivity contribution is 8.16. The Kier molecular flexibility index (Phi) is 4.38. The van der Waals surface area contributed by atoms with Crippen molar-refractivity contribution >= 4 is 38.4 Å². The van der Waals surface area contributed by atoms with Crippen LogP contribution < -0.4 is 14.4 Å². The van der Waals surface area contributed by atoms with Crippen LogP contribution in [0.4, 0.5) is 5.69 Å². The summed E-state index contributed by atoms with van der Waals surface area (Å²) >= 11 is 1.37. The number of anilines is 1. The van der Waals surface area contributed by atoms with Gasteiger partial charge < -0.3 is 14.4 Å². The summed E-state index contributed by atoms with van der Waals surface area (Å²) in [6.07, 6.45) is 0. The minimum atomic E-state index is -3.09. The summed E-state index contributed by atoms with van der Waals surface area (Å²) in [4.78, 5) is 18.3. The molecule has 0 aliphatic carbocycles. The van der Waals surface area contributed by atoms with Gasteiger partial charge >= 0.3 is 0 Å². The third kappa shape index (κ3) is 3.18. The summed E-state index contributed by atoms with van der Waals surface area (Å²) in [5.74, 6) is 1.04. The van der Waals surface area contributed by atoms with Crippen molar-refractivity contribution in [2.45, 2.75) is 25.1 Å². The average molecular weight is 396 g/mol. The van der Waals surface area contributed by atoms with Crippen LogP contribution >= 0.6 is 11.8 Å². The molecule has 26 heavy (non-hydrogen) atoms. The SMILES string of the molecule is CC(C)C(=O)N=C1S[C@H]2CS(=O)(=O)C[C@@H]2N1c1ccc2c(c1)OCCO2. The van der Waals surface area contributed by atoms with E-state index in [1.165, 1.54) is 11.8 Å². The van der Waals surface area contributed by atoms with Crippen molar-refractivity contribution in [1.29, 1.82) is 0 Å². The number of amidine groups is 1. The first-order valence-electron chi connectivity index (χ1n) is 8.52. The van der Waals surface area contributed by atoms with Crippen LogP contribution in [0.25, 0.3) is 0 Å². The molecule has 140 valence electrons. The van der Waals surface area contributed by atoms with Crippen molar-refractivity contribution in [2.24, 2.45) is 10.9 Å². The van der Waals surface area contributed by atoms with Gasteiger partial charge in [0.1, 0.15) is 13.2 Å². The maximum absolute atomic E-state index is 12.2. The predicted molar refractivity (Wildman–Crippen MR) is 101 cm³/mol. The summed E-state index contributed by atoms with van der Waals surface area (Å²) in [6, 6.07) is 5.27. The highest BCUT2D eigenvalue weighted by Gasteiger charge is 2.49. The molecule has 0 spiro atoms. The van der Waals surface area contributed by atoms with E-state index >= 15 is 0 Å². The molecule has 3 aliphatic rings. The van der Waals surface area contributed by atoms with Crippen LogP contribution in [0.3, 0.4) is 0 Å². The molecular formula is C17H20N2O5S2. The Morgan fingerprint density at radius 2 is 1.96 bits per heavy atom. The van der Waals surface area contributed by atoms with Gasteiger partial charge in [-0.1, -0.05) is 25.6 Å². The van der Waals surface area contributed by atoms with E-state index in [9.17, 15) is 13.2 Å². The van der Waals surface area contributed by atoms with Gasteiger partial charge in [0.15, 0.2) is 26.5 Å². The Morgan fingerprint density at radius 1 is 1.23 bits per heavy atom. The molecule has 1 aromatic carbocycles. The first-order valence-corrected chi connectivity index (χ1v) is 11.2. The Labute approximate surface area is 156 Å². The molecule has 0 saturated carbocycles. The highest BCUT2D eigenvalue weighted by atomic mass is 32.2. The number of rotatable bonds is 2. The standard InChI is InChI=1S/C17H20N2O5S2/c1-10(2)16(20)18-17-19(12-8-26(21,22)9-15(12)25-17)11-3-4-13-14(7-11)24-6-5-23-13/h3-4,7,10,12,15H,5-6,8-9H2,1-2H3/t12-,15-/m0/s1. The Balaban J connectivity index is 1.74. The molecular weight excluding hydrogens is 376 g/mol. The molecule has 0 radical (unpaired) electrons. The van der Waals surface area contributed by atoms with Crippen LogP contribution in [0, 0.1) is 5.92 Å². The van der Waals surface area contributed by atoms with Crippen LogP contribution in [0.1, 0.15) is 13.8 Å². The van der Waals surface area contributed by atoms with Crippen LogP contribution in [0.15, 0.2) is 23.2 Å². The second kappa shape index (κ2) is 6.45. The number of fused-ring (bicyclic) bond motifs is 2. The molecule has 0 N–H and O–H groups in total. The van der Waals surface area contributed by atoms with Gasteiger partial charge in [-0.3, -0.25) is 4.79 Å². The third-order valence-electron chi connectivity index (χ3n) is 4.57. The molecule has 9 heteroatoms. The molecule has 1 aromatic rings. The molecule has 0 aromatic heterocycles. The molecule has 7 nitrogen and oxygen atoms in total. The fraction of sp³-hybridized carbons (Fsp3) is 0.529. The molecule has 3 heterocycles. The van der Waals surface area contributed by atoms with Crippen LogP contribution in [0.5, 0.6) is 11.5 Å². The zero-order chi connectivity index (χ0) is 18.5. The average Bonchev–Trinajstić information content (AvgIpc) is 3.05. The number of benzene rings is 1. The quantitative estimate of drug-likeness (QED) is 0.752. The lowest BCUT2D eigenvalue weighted by atomic mass is 10.2. The second-order valence-electron chi connectivity index (χ2n) is 6.89. The largest absolute Gasteiger partial charge is 0.486 e. The normalized spacial score (nSPS) is 27.8. The Morgan fingerprint density at radius 3 is 2.69 bits per heavy atom. The highest BCUT2D eigenvalue weighted by Crippen LogP contribution is 2.43. The molecule has 0 unspecified atom stereocenters. The number of aliphatic imine (C=N–C) groups is 1. The fourth-order valence-corrected chi connectivity index (χ4v) is 7.19. The number of thioether (sulfide) groups is 1. The van der Waals surface area contributed by atoms with E-state index in [1.54, 1.807) is 13.8 Å². The van der Waals surface area contributed by atoms with Gasteiger partial charge in [0.05, 0.1) is 17.5 Å². The number of carbonyl (C=O) groups is 1. The zero-order valence-electron chi connectivity index (χ0n) is 14.5. The monoisotopic (exact) mass is 396 g/mol. The van der Waals surface area contributed by atoms with E-state index in [0.29, 0.717) is 29.9 Å². The van der Waals surface area contributed by atoms with Gasteiger partial charge in [0.25, 0.3) is 5.91 Å². The molecule has 2 saturated heterocycles. The topological polar surface area (TPSA) is 85.3 Å². The number of ether oxygens (including phenoxy) is 2. The molecule has 2 fully saturated rings. The van der Waals surface area contributed by atoms with Gasteiger partial charge in [-0.05, 0) is 12.1 Å². The molecule has 3 aliphatic heterocycles. The Hall–Kier alpha value is -1.74. The van der Waals surface area contributed by atoms with Crippen LogP contribution in [0.2, 0.25) is 0 Å². The van der Waals surface area contributed by atoms with E-state index in [2.05, 4.69) is 4.99 Å². The first-order chi connectivity index (χ1) is 12.3.